The number of furan rings is 1. The maximum absolute atomic E-state index is 11.8. The summed E-state index contributed by atoms with van der Waals surface area (Å²) in [7, 11) is 0. The highest BCUT2D eigenvalue weighted by atomic mass is 16.4. The van der Waals surface area contributed by atoms with Crippen molar-refractivity contribution in [2.75, 3.05) is 13.1 Å². The van der Waals surface area contributed by atoms with Gasteiger partial charge in [0.2, 0.25) is 0 Å². The SMILES string of the molecule is NCc1ccc(C(=O)N2CC[C@H](O)C2)o1. The fourth-order valence-electron chi connectivity index (χ4n) is 1.68. The molecule has 15 heavy (non-hydrogen) atoms. The Morgan fingerprint density at radius 2 is 2.47 bits per heavy atom. The highest BCUT2D eigenvalue weighted by molar-refractivity contribution is 5.91. The quantitative estimate of drug-likeness (QED) is 0.717. The zero-order valence-electron chi connectivity index (χ0n) is 8.35. The van der Waals surface area contributed by atoms with E-state index >= 15 is 0 Å². The molecule has 0 spiro atoms. The molecule has 1 saturated heterocycles. The van der Waals surface area contributed by atoms with Gasteiger partial charge in [0.05, 0.1) is 12.6 Å². The smallest absolute Gasteiger partial charge is 0.289 e. The molecule has 0 aromatic carbocycles. The number of likely N-dealkylation sites (tertiary alicyclic amines) is 1. The summed E-state index contributed by atoms with van der Waals surface area (Å²) in [4.78, 5) is 13.4. The molecule has 2 heterocycles. The Morgan fingerprint density at radius 3 is 3.00 bits per heavy atom. The number of aliphatic hydroxyl groups excluding tert-OH is 1. The van der Waals surface area contributed by atoms with E-state index in [0.29, 0.717) is 31.0 Å². The van der Waals surface area contributed by atoms with E-state index in [1.54, 1.807) is 17.0 Å². The summed E-state index contributed by atoms with van der Waals surface area (Å²) in [5.74, 6) is 0.717. The molecule has 82 valence electrons. The van der Waals surface area contributed by atoms with Gasteiger partial charge < -0.3 is 20.2 Å². The molecule has 0 radical (unpaired) electrons. The highest BCUT2D eigenvalue weighted by Gasteiger charge is 2.26. The van der Waals surface area contributed by atoms with Gasteiger partial charge in [-0.05, 0) is 18.6 Å². The predicted octanol–water partition coefficient (Wildman–Crippen LogP) is -0.0549. The van der Waals surface area contributed by atoms with Gasteiger partial charge in [-0.25, -0.2) is 0 Å². The van der Waals surface area contributed by atoms with Gasteiger partial charge in [0, 0.05) is 13.1 Å². The molecule has 1 aromatic heterocycles. The molecule has 1 aliphatic rings. The topological polar surface area (TPSA) is 79.7 Å². The number of aliphatic hydroxyl groups is 1. The Hall–Kier alpha value is -1.33. The van der Waals surface area contributed by atoms with Crippen LogP contribution in [-0.4, -0.2) is 35.1 Å². The maximum atomic E-state index is 11.8. The molecular weight excluding hydrogens is 196 g/mol. The predicted molar refractivity (Wildman–Crippen MR) is 53.1 cm³/mol. The van der Waals surface area contributed by atoms with E-state index in [-0.39, 0.29) is 12.5 Å². The fraction of sp³-hybridized carbons (Fsp3) is 0.500. The van der Waals surface area contributed by atoms with Crippen molar-refractivity contribution in [2.45, 2.75) is 19.1 Å². The summed E-state index contributed by atoms with van der Waals surface area (Å²) in [6.07, 6.45) is 0.230. The van der Waals surface area contributed by atoms with Crippen molar-refractivity contribution in [1.82, 2.24) is 4.90 Å². The Morgan fingerprint density at radius 1 is 1.67 bits per heavy atom. The number of carbonyl (C=O) groups excluding carboxylic acids is 1. The van der Waals surface area contributed by atoms with Gasteiger partial charge in [0.25, 0.3) is 5.91 Å². The normalized spacial score (nSPS) is 20.9. The van der Waals surface area contributed by atoms with Crippen molar-refractivity contribution in [3.8, 4) is 0 Å². The molecule has 0 bridgehead atoms. The molecule has 0 saturated carbocycles. The highest BCUT2D eigenvalue weighted by Crippen LogP contribution is 2.15. The van der Waals surface area contributed by atoms with Crippen LogP contribution in [-0.2, 0) is 6.54 Å². The van der Waals surface area contributed by atoms with Crippen LogP contribution in [0.2, 0.25) is 0 Å². The first-order valence-electron chi connectivity index (χ1n) is 4.97. The van der Waals surface area contributed by atoms with E-state index in [1.165, 1.54) is 0 Å². The molecular formula is C10H14N2O3. The molecule has 3 N–H and O–H groups in total. The first kappa shape index (κ1) is 10.2. The molecule has 1 fully saturated rings. The van der Waals surface area contributed by atoms with E-state index < -0.39 is 6.10 Å². The van der Waals surface area contributed by atoms with Crippen molar-refractivity contribution in [1.29, 1.82) is 0 Å². The molecule has 1 amide bonds. The lowest BCUT2D eigenvalue weighted by Crippen LogP contribution is -2.29. The zero-order chi connectivity index (χ0) is 10.8. The lowest BCUT2D eigenvalue weighted by molar-refractivity contribution is 0.0732. The van der Waals surface area contributed by atoms with Gasteiger partial charge >= 0.3 is 0 Å². The summed E-state index contributed by atoms with van der Waals surface area (Å²) >= 11 is 0. The van der Waals surface area contributed by atoms with E-state index in [1.807, 2.05) is 0 Å². The third-order valence-corrected chi connectivity index (χ3v) is 2.52. The summed E-state index contributed by atoms with van der Waals surface area (Å²) in [5.41, 5.74) is 5.38. The molecule has 0 aliphatic carbocycles. The summed E-state index contributed by atoms with van der Waals surface area (Å²) in [5, 5.41) is 9.30. The fourth-order valence-corrected chi connectivity index (χ4v) is 1.68. The number of carbonyl (C=O) groups is 1. The van der Waals surface area contributed by atoms with Gasteiger partial charge in [-0.15, -0.1) is 0 Å². The van der Waals surface area contributed by atoms with Crippen LogP contribution in [0, 0.1) is 0 Å². The molecule has 0 unspecified atom stereocenters. The zero-order valence-corrected chi connectivity index (χ0v) is 8.35. The number of nitrogens with two attached hydrogens (primary N) is 1. The van der Waals surface area contributed by atoms with Crippen LogP contribution in [0.4, 0.5) is 0 Å². The maximum Gasteiger partial charge on any atom is 0.289 e. The standard InChI is InChI=1S/C10H14N2O3/c11-5-8-1-2-9(15-8)10(14)12-4-3-7(13)6-12/h1-2,7,13H,3-6,11H2/t7-/m0/s1. The second kappa shape index (κ2) is 4.04. The number of amides is 1. The first-order valence-corrected chi connectivity index (χ1v) is 4.97. The van der Waals surface area contributed by atoms with Crippen molar-refractivity contribution < 1.29 is 14.3 Å². The van der Waals surface area contributed by atoms with Crippen molar-refractivity contribution in [3.05, 3.63) is 23.7 Å². The van der Waals surface area contributed by atoms with Gasteiger partial charge in [-0.2, -0.15) is 0 Å². The van der Waals surface area contributed by atoms with E-state index in [0.717, 1.165) is 0 Å². The van der Waals surface area contributed by atoms with E-state index in [4.69, 9.17) is 10.2 Å². The van der Waals surface area contributed by atoms with Crippen molar-refractivity contribution in [2.24, 2.45) is 5.73 Å². The average Bonchev–Trinajstić information content (AvgIpc) is 2.84. The number of rotatable bonds is 2. The minimum Gasteiger partial charge on any atom is -0.455 e. The minimum atomic E-state index is -0.405. The largest absolute Gasteiger partial charge is 0.455 e. The van der Waals surface area contributed by atoms with Crippen molar-refractivity contribution >= 4 is 5.91 Å². The van der Waals surface area contributed by atoms with Gasteiger partial charge in [-0.3, -0.25) is 4.79 Å². The van der Waals surface area contributed by atoms with Crippen LogP contribution in [0.15, 0.2) is 16.5 Å². The number of hydrogen-bond donors (Lipinski definition) is 2. The van der Waals surface area contributed by atoms with Gasteiger partial charge in [0.1, 0.15) is 5.76 Å². The number of hydrogen-bond acceptors (Lipinski definition) is 4. The summed E-state index contributed by atoms with van der Waals surface area (Å²) in [6.45, 7) is 1.26. The number of β-amino-alcohol motifs (C(OH)–C–C–N with tert-alkyl or cyclic N) is 1. The lowest BCUT2D eigenvalue weighted by atomic mass is 10.3. The molecule has 5 nitrogen and oxygen atoms in total. The van der Waals surface area contributed by atoms with Gasteiger partial charge in [-0.1, -0.05) is 0 Å². The Kier molecular flexibility index (Phi) is 2.75. The molecule has 5 heteroatoms. The monoisotopic (exact) mass is 210 g/mol. The number of nitrogens with zero attached hydrogens (tertiary/aromatic N) is 1. The van der Waals surface area contributed by atoms with E-state index in [9.17, 15) is 9.90 Å². The van der Waals surface area contributed by atoms with Gasteiger partial charge in [0.15, 0.2) is 5.76 Å². The third-order valence-electron chi connectivity index (χ3n) is 2.52. The van der Waals surface area contributed by atoms with E-state index in [2.05, 4.69) is 0 Å². The lowest BCUT2D eigenvalue weighted by Gasteiger charge is -2.13. The van der Waals surface area contributed by atoms with Crippen LogP contribution < -0.4 is 5.73 Å². The first-order chi connectivity index (χ1) is 7.20. The van der Waals surface area contributed by atoms with Crippen LogP contribution in [0.3, 0.4) is 0 Å². The Bertz CT molecular complexity index is 361. The Labute approximate surface area is 87.5 Å². The third kappa shape index (κ3) is 2.03. The van der Waals surface area contributed by atoms with Crippen LogP contribution in [0.25, 0.3) is 0 Å². The summed E-state index contributed by atoms with van der Waals surface area (Å²) in [6, 6.07) is 3.31. The minimum absolute atomic E-state index is 0.175. The molecule has 1 atom stereocenters. The Balaban J connectivity index is 2.07. The molecule has 1 aromatic rings. The summed E-state index contributed by atoms with van der Waals surface area (Å²) < 4.78 is 5.24. The average molecular weight is 210 g/mol. The van der Waals surface area contributed by atoms with Crippen molar-refractivity contribution in [3.63, 3.8) is 0 Å². The van der Waals surface area contributed by atoms with Crippen LogP contribution >= 0.6 is 0 Å². The second-order valence-electron chi connectivity index (χ2n) is 3.66. The van der Waals surface area contributed by atoms with Crippen LogP contribution in [0.1, 0.15) is 22.7 Å². The molecule has 2 rings (SSSR count). The van der Waals surface area contributed by atoms with Crippen LogP contribution in [0.5, 0.6) is 0 Å². The molecule has 1 aliphatic heterocycles. The second-order valence-corrected chi connectivity index (χ2v) is 3.66.